The van der Waals surface area contributed by atoms with Crippen LogP contribution in [-0.2, 0) is 5.41 Å². The first kappa shape index (κ1) is 31.7. The van der Waals surface area contributed by atoms with Crippen LogP contribution in [0, 0.1) is 0 Å². The van der Waals surface area contributed by atoms with Crippen LogP contribution in [0.2, 0.25) is 0 Å². The number of hydrogen-bond acceptors (Lipinski definition) is 2. The second kappa shape index (κ2) is 12.5. The average Bonchev–Trinajstić information content (AvgIpc) is 3.78. The van der Waals surface area contributed by atoms with Gasteiger partial charge in [-0.3, -0.25) is 0 Å². The molecule has 0 radical (unpaired) electrons. The third-order valence-corrected chi connectivity index (χ3v) is 12.0. The van der Waals surface area contributed by atoms with Gasteiger partial charge in [-0.05, 0) is 128 Å². The molecule has 2 heteroatoms. The van der Waals surface area contributed by atoms with Gasteiger partial charge in [0.1, 0.15) is 0 Å². The average molecular weight is 661 g/mol. The molecule has 51 heavy (non-hydrogen) atoms. The molecule has 0 saturated heterocycles. The van der Waals surface area contributed by atoms with E-state index >= 15 is 0 Å². The second-order valence-corrected chi connectivity index (χ2v) is 14.4. The lowest BCUT2D eigenvalue weighted by Crippen LogP contribution is -2.23. The number of nitrogens with one attached hydrogen (secondary N) is 2. The standard InChI is InChI=1S/C49H44N2/c1-5-49(6-2)45-29-33(17-15-31-21-25-41-43(27-31)35-11-7-9-13-39(35)47(41)50-3)19-23-37(45)38-24-20-34(30-46(38)49)18-16-32-22-26-42-44(28-32)36-12-8-10-14-40(36)48(42)51-4/h7-30,47-48,50-51H,5-6H2,1-4H3. The molecule has 250 valence electrons. The number of benzene rings is 6. The van der Waals surface area contributed by atoms with E-state index in [-0.39, 0.29) is 17.5 Å². The van der Waals surface area contributed by atoms with E-state index in [9.17, 15) is 0 Å². The Balaban J connectivity index is 1.01. The van der Waals surface area contributed by atoms with Crippen molar-refractivity contribution in [2.75, 3.05) is 14.1 Å². The van der Waals surface area contributed by atoms with Crippen molar-refractivity contribution in [3.05, 3.63) is 177 Å². The van der Waals surface area contributed by atoms with Gasteiger partial charge in [0.2, 0.25) is 0 Å². The highest BCUT2D eigenvalue weighted by molar-refractivity contribution is 5.87. The summed E-state index contributed by atoms with van der Waals surface area (Å²) in [7, 11) is 4.10. The van der Waals surface area contributed by atoms with Gasteiger partial charge in [0.15, 0.2) is 0 Å². The lowest BCUT2D eigenvalue weighted by Gasteiger charge is -2.30. The third-order valence-electron chi connectivity index (χ3n) is 12.0. The quantitative estimate of drug-likeness (QED) is 0.159. The summed E-state index contributed by atoms with van der Waals surface area (Å²) in [6.45, 7) is 4.71. The van der Waals surface area contributed by atoms with Crippen LogP contribution in [0.15, 0.2) is 121 Å². The summed E-state index contributed by atoms with van der Waals surface area (Å²) < 4.78 is 0. The fourth-order valence-electron chi connectivity index (χ4n) is 9.40. The molecule has 6 aromatic carbocycles. The van der Waals surface area contributed by atoms with E-state index in [1.54, 1.807) is 0 Å². The molecule has 0 saturated carbocycles. The van der Waals surface area contributed by atoms with Crippen molar-refractivity contribution < 1.29 is 0 Å². The second-order valence-electron chi connectivity index (χ2n) is 14.4. The summed E-state index contributed by atoms with van der Waals surface area (Å²) in [5.74, 6) is 0. The maximum Gasteiger partial charge on any atom is 0.0586 e. The van der Waals surface area contributed by atoms with Gasteiger partial charge in [-0.2, -0.15) is 0 Å². The molecular weight excluding hydrogens is 617 g/mol. The van der Waals surface area contributed by atoms with Crippen LogP contribution in [0.4, 0.5) is 0 Å². The van der Waals surface area contributed by atoms with Gasteiger partial charge in [-0.15, -0.1) is 0 Å². The van der Waals surface area contributed by atoms with Crippen molar-refractivity contribution in [2.24, 2.45) is 0 Å². The first-order valence-corrected chi connectivity index (χ1v) is 18.5. The van der Waals surface area contributed by atoms with E-state index in [1.165, 1.54) is 89.0 Å². The van der Waals surface area contributed by atoms with Crippen LogP contribution < -0.4 is 10.6 Å². The predicted molar refractivity (Wildman–Crippen MR) is 217 cm³/mol. The van der Waals surface area contributed by atoms with Gasteiger partial charge in [-0.25, -0.2) is 0 Å². The minimum absolute atomic E-state index is 0.00272. The van der Waals surface area contributed by atoms with E-state index < -0.39 is 0 Å². The highest BCUT2D eigenvalue weighted by Gasteiger charge is 2.40. The van der Waals surface area contributed by atoms with Crippen molar-refractivity contribution in [3.8, 4) is 33.4 Å². The van der Waals surface area contributed by atoms with Crippen LogP contribution in [-0.4, -0.2) is 14.1 Å². The molecule has 3 aliphatic rings. The number of fused-ring (bicyclic) bond motifs is 9. The first-order chi connectivity index (χ1) is 25.1. The Kier molecular flexibility index (Phi) is 7.76. The molecule has 0 fully saturated rings. The highest BCUT2D eigenvalue weighted by Crippen LogP contribution is 2.53. The minimum atomic E-state index is -0.00272. The number of hydrogen-bond donors (Lipinski definition) is 2. The van der Waals surface area contributed by atoms with Crippen molar-refractivity contribution in [1.29, 1.82) is 0 Å². The summed E-state index contributed by atoms with van der Waals surface area (Å²) in [5, 5.41) is 7.02. The van der Waals surface area contributed by atoms with E-state index in [0.29, 0.717) is 0 Å². The SMILES string of the molecule is CCC1(CC)c2cc(C=Cc3ccc4c(c3)-c3ccccc3C4NC)ccc2-c2ccc(C=Cc3ccc4c(c3)-c3ccccc3C4NC)cc21. The molecule has 0 aliphatic heterocycles. The third kappa shape index (κ3) is 4.93. The van der Waals surface area contributed by atoms with Crippen molar-refractivity contribution in [1.82, 2.24) is 10.6 Å². The maximum absolute atomic E-state index is 3.51. The summed E-state index contributed by atoms with van der Waals surface area (Å²) in [4.78, 5) is 0. The zero-order valence-corrected chi connectivity index (χ0v) is 29.9. The Bertz CT molecular complexity index is 2220. The van der Waals surface area contributed by atoms with Crippen molar-refractivity contribution >= 4 is 24.3 Å². The van der Waals surface area contributed by atoms with Crippen LogP contribution in [0.5, 0.6) is 0 Å². The lowest BCUT2D eigenvalue weighted by molar-refractivity contribution is 0.490. The molecular formula is C49H44N2. The zero-order valence-electron chi connectivity index (χ0n) is 29.9. The van der Waals surface area contributed by atoms with Crippen molar-refractivity contribution in [2.45, 2.75) is 44.2 Å². The van der Waals surface area contributed by atoms with Gasteiger partial charge in [-0.1, -0.05) is 147 Å². The smallest absolute Gasteiger partial charge is 0.0586 e. The zero-order chi connectivity index (χ0) is 34.7. The van der Waals surface area contributed by atoms with E-state index in [1.807, 2.05) is 0 Å². The molecule has 0 heterocycles. The molecule has 2 nitrogen and oxygen atoms in total. The van der Waals surface area contributed by atoms with E-state index in [0.717, 1.165) is 12.8 Å². The fourth-order valence-corrected chi connectivity index (χ4v) is 9.40. The number of rotatable bonds is 8. The van der Waals surface area contributed by atoms with Gasteiger partial charge < -0.3 is 10.6 Å². The van der Waals surface area contributed by atoms with Crippen LogP contribution in [0.1, 0.15) is 94.4 Å². The monoisotopic (exact) mass is 660 g/mol. The first-order valence-electron chi connectivity index (χ1n) is 18.5. The molecule has 0 aromatic heterocycles. The molecule has 2 atom stereocenters. The fraction of sp³-hybridized carbons (Fsp3) is 0.184. The molecule has 6 aromatic rings. The summed E-state index contributed by atoms with van der Waals surface area (Å²) in [6, 6.07) is 46.1. The topological polar surface area (TPSA) is 24.1 Å². The summed E-state index contributed by atoms with van der Waals surface area (Å²) in [5.41, 5.74) is 21.4. The summed E-state index contributed by atoms with van der Waals surface area (Å²) >= 11 is 0. The van der Waals surface area contributed by atoms with Crippen LogP contribution in [0.25, 0.3) is 57.7 Å². The Morgan fingerprint density at radius 2 is 0.804 bits per heavy atom. The Morgan fingerprint density at radius 3 is 1.22 bits per heavy atom. The van der Waals surface area contributed by atoms with Gasteiger partial charge in [0.05, 0.1) is 12.1 Å². The van der Waals surface area contributed by atoms with Gasteiger partial charge in [0.25, 0.3) is 0 Å². The molecule has 0 bridgehead atoms. The van der Waals surface area contributed by atoms with Gasteiger partial charge in [0, 0.05) is 5.41 Å². The molecule has 0 spiro atoms. The molecule has 9 rings (SSSR count). The molecule has 0 amide bonds. The van der Waals surface area contributed by atoms with Crippen LogP contribution in [0.3, 0.4) is 0 Å². The molecule has 3 aliphatic carbocycles. The van der Waals surface area contributed by atoms with Crippen LogP contribution >= 0.6 is 0 Å². The maximum atomic E-state index is 3.51. The van der Waals surface area contributed by atoms with Gasteiger partial charge >= 0.3 is 0 Å². The Labute approximate surface area is 302 Å². The highest BCUT2D eigenvalue weighted by atomic mass is 14.9. The Hall–Kier alpha value is -5.28. The molecule has 2 unspecified atom stereocenters. The van der Waals surface area contributed by atoms with E-state index in [2.05, 4.69) is 184 Å². The minimum Gasteiger partial charge on any atom is -0.309 e. The largest absolute Gasteiger partial charge is 0.309 e. The van der Waals surface area contributed by atoms with E-state index in [4.69, 9.17) is 0 Å². The van der Waals surface area contributed by atoms with Crippen molar-refractivity contribution in [3.63, 3.8) is 0 Å². The molecule has 2 N–H and O–H groups in total. The lowest BCUT2D eigenvalue weighted by atomic mass is 9.73. The predicted octanol–water partition coefficient (Wildman–Crippen LogP) is 11.7. The Morgan fingerprint density at radius 1 is 0.431 bits per heavy atom. The summed E-state index contributed by atoms with van der Waals surface area (Å²) in [6.07, 6.45) is 11.3. The normalized spacial score (nSPS) is 17.3.